The number of fused-ring (bicyclic) bond motifs is 1. The number of aromatic nitrogens is 1. The lowest BCUT2D eigenvalue weighted by molar-refractivity contribution is 0.769. The molecule has 0 unspecified atom stereocenters. The van der Waals surface area contributed by atoms with E-state index in [4.69, 9.17) is 0 Å². The van der Waals surface area contributed by atoms with E-state index in [2.05, 4.69) is 79.2 Å². The molecule has 0 fully saturated rings. The van der Waals surface area contributed by atoms with E-state index in [1.807, 2.05) is 12.3 Å². The summed E-state index contributed by atoms with van der Waals surface area (Å²) in [5, 5.41) is 5.73. The molecule has 0 amide bonds. The fourth-order valence-corrected chi connectivity index (χ4v) is 3.07. The molecule has 2 aromatic carbocycles. The first kappa shape index (κ1) is 15.3. The molecule has 0 saturated heterocycles. The van der Waals surface area contributed by atoms with Crippen molar-refractivity contribution in [3.8, 4) is 0 Å². The average molecular weight is 305 g/mol. The molecule has 3 aromatic rings. The van der Waals surface area contributed by atoms with Gasteiger partial charge in [0.15, 0.2) is 0 Å². The SMILES string of the molecule is CCn1c(C)c(C=NNc2cccc(C)c2C)c2ccccc21. The van der Waals surface area contributed by atoms with Crippen LogP contribution in [-0.4, -0.2) is 10.8 Å². The Labute approximate surface area is 137 Å². The van der Waals surface area contributed by atoms with Crippen molar-refractivity contribution in [3.63, 3.8) is 0 Å². The summed E-state index contributed by atoms with van der Waals surface area (Å²) in [6, 6.07) is 14.7. The molecule has 23 heavy (non-hydrogen) atoms. The van der Waals surface area contributed by atoms with Crippen LogP contribution in [0.4, 0.5) is 5.69 Å². The summed E-state index contributed by atoms with van der Waals surface area (Å²) in [6.07, 6.45) is 1.94. The van der Waals surface area contributed by atoms with Gasteiger partial charge in [-0.2, -0.15) is 5.10 Å². The number of nitrogens with zero attached hydrogens (tertiary/aromatic N) is 2. The van der Waals surface area contributed by atoms with Crippen LogP contribution in [0.5, 0.6) is 0 Å². The van der Waals surface area contributed by atoms with E-state index in [9.17, 15) is 0 Å². The van der Waals surface area contributed by atoms with Crippen molar-refractivity contribution in [1.29, 1.82) is 0 Å². The second kappa shape index (κ2) is 6.29. The van der Waals surface area contributed by atoms with Crippen molar-refractivity contribution in [2.75, 3.05) is 5.43 Å². The van der Waals surface area contributed by atoms with Crippen LogP contribution in [-0.2, 0) is 6.54 Å². The molecule has 3 rings (SSSR count). The molecule has 0 bridgehead atoms. The number of hydrogen-bond donors (Lipinski definition) is 1. The van der Waals surface area contributed by atoms with Gasteiger partial charge < -0.3 is 4.57 Å². The van der Waals surface area contributed by atoms with E-state index in [0.29, 0.717) is 0 Å². The van der Waals surface area contributed by atoms with E-state index >= 15 is 0 Å². The van der Waals surface area contributed by atoms with Crippen LogP contribution in [0.2, 0.25) is 0 Å². The summed E-state index contributed by atoms with van der Waals surface area (Å²) in [4.78, 5) is 0. The quantitative estimate of drug-likeness (QED) is 0.531. The third kappa shape index (κ3) is 2.74. The number of hydrogen-bond acceptors (Lipinski definition) is 2. The molecule has 0 spiro atoms. The minimum Gasteiger partial charge on any atom is -0.344 e. The molecule has 3 heteroatoms. The van der Waals surface area contributed by atoms with Gasteiger partial charge in [0, 0.05) is 28.7 Å². The number of nitrogens with one attached hydrogen (secondary N) is 1. The Morgan fingerprint density at radius 1 is 1.04 bits per heavy atom. The van der Waals surface area contributed by atoms with Gasteiger partial charge in [0.1, 0.15) is 0 Å². The Morgan fingerprint density at radius 3 is 2.61 bits per heavy atom. The Balaban J connectivity index is 1.95. The molecule has 3 nitrogen and oxygen atoms in total. The third-order valence-electron chi connectivity index (χ3n) is 4.58. The van der Waals surface area contributed by atoms with Crippen LogP contribution in [0.1, 0.15) is 29.3 Å². The van der Waals surface area contributed by atoms with Gasteiger partial charge in [-0.1, -0.05) is 30.3 Å². The molecule has 1 N–H and O–H groups in total. The summed E-state index contributed by atoms with van der Waals surface area (Å²) in [5.74, 6) is 0. The Hall–Kier alpha value is -2.55. The highest BCUT2D eigenvalue weighted by Crippen LogP contribution is 2.24. The normalized spacial score (nSPS) is 11.5. The predicted octanol–water partition coefficient (Wildman–Crippen LogP) is 5.03. The molecule has 0 aliphatic rings. The van der Waals surface area contributed by atoms with E-state index in [1.54, 1.807) is 0 Å². The lowest BCUT2D eigenvalue weighted by atomic mass is 10.1. The summed E-state index contributed by atoms with van der Waals surface area (Å²) in [6.45, 7) is 9.52. The number of anilines is 1. The molecule has 1 aromatic heterocycles. The zero-order valence-corrected chi connectivity index (χ0v) is 14.2. The third-order valence-corrected chi connectivity index (χ3v) is 4.58. The molecule has 0 aliphatic carbocycles. The van der Waals surface area contributed by atoms with E-state index in [-0.39, 0.29) is 0 Å². The maximum Gasteiger partial charge on any atom is 0.0593 e. The highest BCUT2D eigenvalue weighted by atomic mass is 15.3. The predicted molar refractivity (Wildman–Crippen MR) is 99.5 cm³/mol. The topological polar surface area (TPSA) is 29.3 Å². The molecule has 118 valence electrons. The van der Waals surface area contributed by atoms with Crippen molar-refractivity contribution in [3.05, 3.63) is 64.8 Å². The van der Waals surface area contributed by atoms with Crippen LogP contribution < -0.4 is 5.43 Å². The van der Waals surface area contributed by atoms with Crippen molar-refractivity contribution >= 4 is 22.8 Å². The van der Waals surface area contributed by atoms with Crippen LogP contribution in [0, 0.1) is 20.8 Å². The minimum absolute atomic E-state index is 0.963. The molecular weight excluding hydrogens is 282 g/mol. The maximum absolute atomic E-state index is 4.48. The first-order chi connectivity index (χ1) is 11.1. The number of benzene rings is 2. The molecule has 0 saturated carbocycles. The fraction of sp³-hybridized carbons (Fsp3) is 0.250. The van der Waals surface area contributed by atoms with Crippen molar-refractivity contribution < 1.29 is 0 Å². The van der Waals surface area contributed by atoms with Crippen molar-refractivity contribution in [2.24, 2.45) is 5.10 Å². The van der Waals surface area contributed by atoms with Crippen LogP contribution in [0.3, 0.4) is 0 Å². The van der Waals surface area contributed by atoms with Crippen molar-refractivity contribution in [2.45, 2.75) is 34.2 Å². The van der Waals surface area contributed by atoms with Crippen LogP contribution in [0.25, 0.3) is 10.9 Å². The monoisotopic (exact) mass is 305 g/mol. The summed E-state index contributed by atoms with van der Waals surface area (Å²) in [7, 11) is 0. The fourth-order valence-electron chi connectivity index (χ4n) is 3.07. The number of para-hydroxylation sites is 1. The lowest BCUT2D eigenvalue weighted by Gasteiger charge is -2.07. The van der Waals surface area contributed by atoms with Gasteiger partial charge in [0.25, 0.3) is 0 Å². The molecule has 0 atom stereocenters. The van der Waals surface area contributed by atoms with Gasteiger partial charge >= 0.3 is 0 Å². The Bertz CT molecular complexity index is 872. The highest BCUT2D eigenvalue weighted by molar-refractivity contribution is 6.01. The summed E-state index contributed by atoms with van der Waals surface area (Å²) < 4.78 is 2.33. The van der Waals surface area contributed by atoms with Gasteiger partial charge in [-0.25, -0.2) is 0 Å². The largest absolute Gasteiger partial charge is 0.344 e. The van der Waals surface area contributed by atoms with Gasteiger partial charge in [-0.05, 0) is 51.0 Å². The Kier molecular flexibility index (Phi) is 4.20. The Morgan fingerprint density at radius 2 is 1.83 bits per heavy atom. The van der Waals surface area contributed by atoms with E-state index in [1.165, 1.54) is 33.3 Å². The lowest BCUT2D eigenvalue weighted by Crippen LogP contribution is -1.98. The van der Waals surface area contributed by atoms with Gasteiger partial charge in [0.05, 0.1) is 11.9 Å². The first-order valence-electron chi connectivity index (χ1n) is 8.06. The zero-order chi connectivity index (χ0) is 16.4. The maximum atomic E-state index is 4.48. The zero-order valence-electron chi connectivity index (χ0n) is 14.2. The molecular formula is C20H23N3. The average Bonchev–Trinajstić information content (AvgIpc) is 2.83. The number of rotatable bonds is 4. The second-order valence-corrected chi connectivity index (χ2v) is 5.88. The van der Waals surface area contributed by atoms with E-state index in [0.717, 1.165) is 12.2 Å². The smallest absolute Gasteiger partial charge is 0.0593 e. The summed E-state index contributed by atoms with van der Waals surface area (Å²) in [5.41, 5.74) is 10.4. The van der Waals surface area contributed by atoms with Crippen LogP contribution in [0.15, 0.2) is 47.6 Å². The highest BCUT2D eigenvalue weighted by Gasteiger charge is 2.10. The first-order valence-corrected chi connectivity index (χ1v) is 8.06. The molecule has 0 radical (unpaired) electrons. The van der Waals surface area contributed by atoms with Gasteiger partial charge in [0.2, 0.25) is 0 Å². The number of hydrazone groups is 1. The van der Waals surface area contributed by atoms with E-state index < -0.39 is 0 Å². The summed E-state index contributed by atoms with van der Waals surface area (Å²) >= 11 is 0. The molecule has 0 aliphatic heterocycles. The standard InChI is InChI=1S/C20H23N3/c1-5-23-16(4)18(17-10-6-7-12-20(17)23)13-21-22-19-11-8-9-14(2)15(19)3/h6-13,22H,5H2,1-4H3. The van der Waals surface area contributed by atoms with Gasteiger partial charge in [-0.3, -0.25) is 5.43 Å². The van der Waals surface area contributed by atoms with Gasteiger partial charge in [-0.15, -0.1) is 0 Å². The van der Waals surface area contributed by atoms with Crippen LogP contribution >= 0.6 is 0 Å². The second-order valence-electron chi connectivity index (χ2n) is 5.88. The number of aryl methyl sites for hydroxylation is 2. The van der Waals surface area contributed by atoms with Crippen molar-refractivity contribution in [1.82, 2.24) is 4.57 Å². The minimum atomic E-state index is 0.963. The molecule has 1 heterocycles.